The van der Waals surface area contributed by atoms with Gasteiger partial charge in [0.05, 0.1) is 17.4 Å². The average molecular weight is 512 g/mol. The topological polar surface area (TPSA) is 46.0 Å². The van der Waals surface area contributed by atoms with Gasteiger partial charge in [0, 0.05) is 22.4 Å². The summed E-state index contributed by atoms with van der Waals surface area (Å²) >= 11 is 0. The maximum atomic E-state index is 12.5. The van der Waals surface area contributed by atoms with Gasteiger partial charge in [0.1, 0.15) is 10.6 Å². The van der Waals surface area contributed by atoms with E-state index in [-0.39, 0.29) is 0 Å². The van der Waals surface area contributed by atoms with E-state index in [9.17, 15) is 4.89 Å². The Labute approximate surface area is 223 Å². The van der Waals surface area contributed by atoms with Gasteiger partial charge in [-0.2, -0.15) is 0 Å². The van der Waals surface area contributed by atoms with Gasteiger partial charge in [0.15, 0.2) is 5.30 Å². The van der Waals surface area contributed by atoms with Crippen molar-refractivity contribution in [2.24, 2.45) is 5.92 Å². The molecule has 1 unspecified atom stereocenters. The third-order valence-corrected chi connectivity index (χ3v) is 11.0. The Bertz CT molecular complexity index is 1770. The van der Waals surface area contributed by atoms with Crippen molar-refractivity contribution in [2.45, 2.75) is 19.3 Å². The van der Waals surface area contributed by atoms with Crippen molar-refractivity contribution in [1.82, 2.24) is 9.97 Å². The smallest absolute Gasteiger partial charge is 0.240 e. The van der Waals surface area contributed by atoms with Crippen LogP contribution in [0, 0.1) is 5.92 Å². The van der Waals surface area contributed by atoms with Gasteiger partial charge in [-0.05, 0) is 72.4 Å². The molecule has 1 N–H and O–H groups in total. The number of rotatable bonds is 4. The molecule has 4 heteroatoms. The van der Waals surface area contributed by atoms with Crippen LogP contribution in [-0.2, 0) is 0 Å². The second-order valence-corrected chi connectivity index (χ2v) is 12.9. The summed E-state index contributed by atoms with van der Waals surface area (Å²) in [6.07, 6.45) is 14.1. The quantitative estimate of drug-likeness (QED) is 0.353. The third-order valence-electron chi connectivity index (χ3n) is 7.87. The molecule has 0 radical (unpaired) electrons. The largest absolute Gasteiger partial charge is 0.260 e. The van der Waals surface area contributed by atoms with Crippen LogP contribution in [0.15, 0.2) is 116 Å². The van der Waals surface area contributed by atoms with Crippen molar-refractivity contribution >= 4 is 46.0 Å². The lowest BCUT2D eigenvalue weighted by Crippen LogP contribution is -2.36. The van der Waals surface area contributed by atoms with E-state index < -0.39 is 7.49 Å². The van der Waals surface area contributed by atoms with E-state index in [0.717, 1.165) is 45.5 Å². The van der Waals surface area contributed by atoms with Gasteiger partial charge < -0.3 is 0 Å². The van der Waals surface area contributed by atoms with E-state index in [1.165, 1.54) is 27.8 Å². The summed E-state index contributed by atoms with van der Waals surface area (Å²) in [6.45, 7) is 0. The van der Waals surface area contributed by atoms with Crippen molar-refractivity contribution in [3.05, 3.63) is 126 Å². The molecule has 0 bridgehead atoms. The fourth-order valence-electron chi connectivity index (χ4n) is 6.02. The van der Waals surface area contributed by atoms with E-state index in [4.69, 9.17) is 4.98 Å². The highest BCUT2D eigenvalue weighted by Crippen LogP contribution is 2.51. The predicted molar refractivity (Wildman–Crippen MR) is 160 cm³/mol. The molecule has 2 aliphatic rings. The number of para-hydroxylation sites is 1. The summed E-state index contributed by atoms with van der Waals surface area (Å²) in [5.41, 5.74) is 4.29. The van der Waals surface area contributed by atoms with Gasteiger partial charge in [0.2, 0.25) is 7.49 Å². The number of pyridine rings is 2. The number of hydrogen-bond donors (Lipinski definition) is 1. The molecule has 2 aromatic heterocycles. The summed E-state index contributed by atoms with van der Waals surface area (Å²) in [6, 6.07) is 30.6. The molecule has 0 saturated carbocycles. The van der Waals surface area contributed by atoms with E-state index in [1.807, 2.05) is 73.1 Å². The molecule has 0 saturated heterocycles. The SMILES string of the molecule is O[P+](c1ccccc1)(c1ccccc1)c1cncc(-c2nc3ccccc3c3c2=CCC2CCC=CC=32)c1. The molecule has 0 fully saturated rings. The maximum absolute atomic E-state index is 12.5. The van der Waals surface area contributed by atoms with E-state index >= 15 is 0 Å². The minimum atomic E-state index is -2.89. The standard InChI is InChI=1S/C34H28N2OP/c37-38(26-12-3-1-4-13-26,27-14-5-2-6-15-27)28-21-25(22-35-23-28)34-31-20-19-24-11-7-8-16-29(24)33(31)30-17-9-10-18-32(30)36-34/h1-6,8-10,12-18,20-24,37H,7,11,19H2/q+1. The number of allylic oxidation sites excluding steroid dienone is 2. The third kappa shape index (κ3) is 3.74. The lowest BCUT2D eigenvalue weighted by Gasteiger charge is -2.25. The summed E-state index contributed by atoms with van der Waals surface area (Å²) in [7, 11) is -2.89. The van der Waals surface area contributed by atoms with Crippen LogP contribution in [0.25, 0.3) is 33.8 Å². The highest BCUT2D eigenvalue weighted by Gasteiger charge is 2.44. The molecule has 7 rings (SSSR count). The molecule has 38 heavy (non-hydrogen) atoms. The number of fused-ring (bicyclic) bond motifs is 4. The first kappa shape index (κ1) is 23.2. The summed E-state index contributed by atoms with van der Waals surface area (Å²) in [4.78, 5) is 22.4. The molecule has 0 spiro atoms. The van der Waals surface area contributed by atoms with Crippen molar-refractivity contribution in [2.75, 3.05) is 0 Å². The maximum Gasteiger partial charge on any atom is 0.240 e. The van der Waals surface area contributed by atoms with Crippen molar-refractivity contribution in [1.29, 1.82) is 0 Å². The molecule has 0 amide bonds. The molecule has 3 nitrogen and oxygen atoms in total. The Morgan fingerprint density at radius 1 is 0.789 bits per heavy atom. The molecule has 2 heterocycles. The molecule has 2 aliphatic carbocycles. The monoisotopic (exact) mass is 511 g/mol. The Morgan fingerprint density at radius 3 is 2.26 bits per heavy atom. The van der Waals surface area contributed by atoms with Crippen LogP contribution in [0.5, 0.6) is 0 Å². The van der Waals surface area contributed by atoms with E-state index in [2.05, 4.69) is 53.5 Å². The van der Waals surface area contributed by atoms with E-state index in [1.54, 1.807) is 0 Å². The molecule has 5 aromatic rings. The Kier molecular flexibility index (Phi) is 5.77. The summed E-state index contributed by atoms with van der Waals surface area (Å²) < 4.78 is 0. The van der Waals surface area contributed by atoms with Crippen LogP contribution < -0.4 is 26.4 Å². The van der Waals surface area contributed by atoms with Crippen LogP contribution in [-0.4, -0.2) is 14.9 Å². The summed E-state index contributed by atoms with van der Waals surface area (Å²) in [5, 5.41) is 6.35. The predicted octanol–water partition coefficient (Wildman–Crippen LogP) is 4.80. The van der Waals surface area contributed by atoms with Gasteiger partial charge in [-0.3, -0.25) is 4.98 Å². The zero-order valence-corrected chi connectivity index (χ0v) is 21.9. The van der Waals surface area contributed by atoms with Crippen molar-refractivity contribution < 1.29 is 4.89 Å². The highest BCUT2D eigenvalue weighted by atomic mass is 31.2. The van der Waals surface area contributed by atoms with Crippen molar-refractivity contribution in [3.8, 4) is 11.3 Å². The van der Waals surface area contributed by atoms with Gasteiger partial charge in [0.25, 0.3) is 0 Å². The molecular formula is C34H28N2OP+. The van der Waals surface area contributed by atoms with Crippen LogP contribution in [0.4, 0.5) is 0 Å². The van der Waals surface area contributed by atoms with Gasteiger partial charge in [-0.1, -0.05) is 72.8 Å². The minimum absolute atomic E-state index is 0.558. The molecule has 184 valence electrons. The van der Waals surface area contributed by atoms with Crippen LogP contribution in [0.1, 0.15) is 19.3 Å². The Hall–Kier alpha value is -3.91. The minimum Gasteiger partial charge on any atom is -0.260 e. The van der Waals surface area contributed by atoms with Crippen LogP contribution >= 0.6 is 7.49 Å². The number of nitrogens with zero attached hydrogens (tertiary/aromatic N) is 2. The van der Waals surface area contributed by atoms with Gasteiger partial charge in [-0.25, -0.2) is 9.88 Å². The fraction of sp³-hybridized carbons (Fsp3) is 0.118. The summed E-state index contributed by atoms with van der Waals surface area (Å²) in [5.74, 6) is 0.558. The number of aromatic nitrogens is 2. The first-order valence-corrected chi connectivity index (χ1v) is 15.0. The first-order valence-electron chi connectivity index (χ1n) is 13.2. The molecular weight excluding hydrogens is 483 g/mol. The normalized spacial score (nSPS) is 16.6. The lowest BCUT2D eigenvalue weighted by molar-refractivity contribution is 0.619. The fourth-order valence-corrected chi connectivity index (χ4v) is 8.68. The average Bonchev–Trinajstić information content (AvgIpc) is 3.01. The van der Waals surface area contributed by atoms with Crippen LogP contribution in [0.2, 0.25) is 0 Å². The number of benzene rings is 3. The van der Waals surface area contributed by atoms with Gasteiger partial charge in [-0.15, -0.1) is 0 Å². The number of hydrogen-bond acceptors (Lipinski definition) is 3. The van der Waals surface area contributed by atoms with E-state index in [0.29, 0.717) is 5.92 Å². The second kappa shape index (κ2) is 9.44. The molecule has 3 aromatic carbocycles. The Morgan fingerprint density at radius 2 is 1.50 bits per heavy atom. The second-order valence-electron chi connectivity index (χ2n) is 10.1. The van der Waals surface area contributed by atoms with Crippen LogP contribution in [0.3, 0.4) is 0 Å². The zero-order valence-electron chi connectivity index (χ0n) is 21.0. The Balaban J connectivity index is 1.50. The highest BCUT2D eigenvalue weighted by molar-refractivity contribution is 7.91. The lowest BCUT2D eigenvalue weighted by atomic mass is 9.81. The van der Waals surface area contributed by atoms with Gasteiger partial charge >= 0.3 is 0 Å². The zero-order chi connectivity index (χ0) is 25.5. The molecule has 1 atom stereocenters. The first-order chi connectivity index (χ1) is 18.7. The molecule has 0 aliphatic heterocycles. The van der Waals surface area contributed by atoms with Crippen molar-refractivity contribution in [3.63, 3.8) is 0 Å².